The van der Waals surface area contributed by atoms with Gasteiger partial charge >= 0.3 is 5.97 Å². The lowest BCUT2D eigenvalue weighted by atomic mass is 10.1. The summed E-state index contributed by atoms with van der Waals surface area (Å²) in [4.78, 5) is 17.0. The van der Waals surface area contributed by atoms with E-state index in [1.165, 1.54) is 12.0 Å². The first-order valence-electron chi connectivity index (χ1n) is 6.06. The van der Waals surface area contributed by atoms with Crippen LogP contribution in [0, 0.1) is 0 Å². The summed E-state index contributed by atoms with van der Waals surface area (Å²) in [6.07, 6.45) is 1.56. The van der Waals surface area contributed by atoms with Gasteiger partial charge < -0.3 is 4.74 Å². The fourth-order valence-corrected chi connectivity index (χ4v) is 2.76. The molecule has 0 amide bonds. The van der Waals surface area contributed by atoms with Gasteiger partial charge in [0.1, 0.15) is 0 Å². The number of benzene rings is 1. The molecule has 0 aliphatic carbocycles. The smallest absolute Gasteiger partial charge is 0.339 e. The Kier molecular flexibility index (Phi) is 3.80. The average molecular weight is 275 g/mol. The van der Waals surface area contributed by atoms with Gasteiger partial charge in [0.15, 0.2) is 0 Å². The first kappa shape index (κ1) is 13.9. The number of thioether (sulfide) groups is 1. The van der Waals surface area contributed by atoms with Gasteiger partial charge in [0.25, 0.3) is 0 Å². The molecule has 1 aromatic carbocycles. The van der Waals surface area contributed by atoms with E-state index in [2.05, 4.69) is 31.8 Å². The van der Waals surface area contributed by atoms with Crippen LogP contribution in [0.15, 0.2) is 35.4 Å². The highest BCUT2D eigenvalue weighted by Crippen LogP contribution is 2.33. The van der Waals surface area contributed by atoms with E-state index in [1.807, 2.05) is 12.1 Å². The molecular weight excluding hydrogens is 258 g/mol. The standard InChI is InChI=1S/C15H17NO2S/c1-15(2,3)19-12-6-5-10-7-11(14(17)18-4)9-16-13(10)8-12/h5-9H,1-4H3. The molecule has 0 N–H and O–H groups in total. The van der Waals surface area contributed by atoms with Crippen molar-refractivity contribution in [1.29, 1.82) is 0 Å². The van der Waals surface area contributed by atoms with Crippen LogP contribution in [-0.2, 0) is 4.74 Å². The number of ether oxygens (including phenoxy) is 1. The molecule has 2 aromatic rings. The summed E-state index contributed by atoms with van der Waals surface area (Å²) in [6.45, 7) is 6.53. The highest BCUT2D eigenvalue weighted by Gasteiger charge is 2.13. The Morgan fingerprint density at radius 2 is 2.00 bits per heavy atom. The molecule has 0 saturated carbocycles. The number of pyridine rings is 1. The number of nitrogens with zero attached hydrogens (tertiary/aromatic N) is 1. The third-order valence-electron chi connectivity index (χ3n) is 2.50. The monoisotopic (exact) mass is 275 g/mol. The Labute approximate surface area is 117 Å². The van der Waals surface area contributed by atoms with Gasteiger partial charge in [0.2, 0.25) is 0 Å². The third-order valence-corrected chi connectivity index (χ3v) is 3.60. The molecule has 0 aliphatic rings. The lowest BCUT2D eigenvalue weighted by Gasteiger charge is -2.17. The largest absolute Gasteiger partial charge is 0.465 e. The SMILES string of the molecule is COC(=O)c1cnc2cc(SC(C)(C)C)ccc2c1. The number of carbonyl (C=O) groups is 1. The van der Waals surface area contributed by atoms with Crippen LogP contribution < -0.4 is 0 Å². The van der Waals surface area contributed by atoms with Crippen molar-refractivity contribution in [2.24, 2.45) is 0 Å². The van der Waals surface area contributed by atoms with Gasteiger partial charge in [-0.05, 0) is 18.2 Å². The zero-order chi connectivity index (χ0) is 14.0. The molecule has 19 heavy (non-hydrogen) atoms. The van der Waals surface area contributed by atoms with Gasteiger partial charge in [-0.1, -0.05) is 26.8 Å². The quantitative estimate of drug-likeness (QED) is 0.615. The highest BCUT2D eigenvalue weighted by molar-refractivity contribution is 8.00. The molecule has 2 rings (SSSR count). The Morgan fingerprint density at radius 1 is 1.26 bits per heavy atom. The van der Waals surface area contributed by atoms with Gasteiger partial charge in [0, 0.05) is 21.2 Å². The van der Waals surface area contributed by atoms with Crippen LogP contribution in [0.2, 0.25) is 0 Å². The maximum absolute atomic E-state index is 11.4. The summed E-state index contributed by atoms with van der Waals surface area (Å²) in [5, 5.41) is 0.946. The molecule has 0 radical (unpaired) electrons. The molecule has 3 nitrogen and oxygen atoms in total. The van der Waals surface area contributed by atoms with Crippen LogP contribution in [0.25, 0.3) is 10.9 Å². The number of hydrogen-bond acceptors (Lipinski definition) is 4. The normalized spacial score (nSPS) is 11.6. The van der Waals surface area contributed by atoms with Crippen LogP contribution in [0.5, 0.6) is 0 Å². The van der Waals surface area contributed by atoms with Crippen molar-refractivity contribution in [2.75, 3.05) is 7.11 Å². The first-order chi connectivity index (χ1) is 8.89. The zero-order valence-electron chi connectivity index (χ0n) is 11.6. The number of hydrogen-bond donors (Lipinski definition) is 0. The molecule has 1 aromatic heterocycles. The van der Waals surface area contributed by atoms with Crippen molar-refractivity contribution in [3.8, 4) is 0 Å². The number of aromatic nitrogens is 1. The number of carbonyl (C=O) groups excluding carboxylic acids is 1. The molecule has 1 heterocycles. The molecular formula is C15H17NO2S. The summed E-state index contributed by atoms with van der Waals surface area (Å²) < 4.78 is 4.86. The lowest BCUT2D eigenvalue weighted by Crippen LogP contribution is -2.06. The van der Waals surface area contributed by atoms with Gasteiger partial charge in [-0.3, -0.25) is 4.98 Å². The molecule has 100 valence electrons. The number of methoxy groups -OCH3 is 1. The zero-order valence-corrected chi connectivity index (χ0v) is 12.4. The first-order valence-corrected chi connectivity index (χ1v) is 6.88. The lowest BCUT2D eigenvalue weighted by molar-refractivity contribution is 0.0600. The fourth-order valence-electron chi connectivity index (χ4n) is 1.75. The summed E-state index contributed by atoms with van der Waals surface area (Å²) in [5.74, 6) is -0.359. The van der Waals surface area contributed by atoms with Crippen LogP contribution in [0.3, 0.4) is 0 Å². The van der Waals surface area contributed by atoms with E-state index in [1.54, 1.807) is 24.0 Å². The average Bonchev–Trinajstić information content (AvgIpc) is 2.35. The van der Waals surface area contributed by atoms with Crippen LogP contribution in [0.1, 0.15) is 31.1 Å². The van der Waals surface area contributed by atoms with E-state index in [-0.39, 0.29) is 10.7 Å². The van der Waals surface area contributed by atoms with Crippen LogP contribution >= 0.6 is 11.8 Å². The van der Waals surface area contributed by atoms with E-state index in [4.69, 9.17) is 4.74 Å². The van der Waals surface area contributed by atoms with Crippen LogP contribution in [-0.4, -0.2) is 22.8 Å². The van der Waals surface area contributed by atoms with E-state index in [9.17, 15) is 4.79 Å². The number of esters is 1. The molecule has 0 aliphatic heterocycles. The van der Waals surface area contributed by atoms with Crippen molar-refractivity contribution < 1.29 is 9.53 Å². The Balaban J connectivity index is 2.38. The van der Waals surface area contributed by atoms with Crippen molar-refractivity contribution in [1.82, 2.24) is 4.98 Å². The number of fused-ring (bicyclic) bond motifs is 1. The maximum Gasteiger partial charge on any atom is 0.339 e. The second-order valence-electron chi connectivity index (χ2n) is 5.28. The summed E-state index contributed by atoms with van der Waals surface area (Å²) in [6, 6.07) is 7.90. The Morgan fingerprint density at radius 3 is 2.63 bits per heavy atom. The predicted molar refractivity (Wildman–Crippen MR) is 78.7 cm³/mol. The Bertz CT molecular complexity index is 617. The van der Waals surface area contributed by atoms with Crippen molar-refractivity contribution in [3.63, 3.8) is 0 Å². The van der Waals surface area contributed by atoms with Crippen molar-refractivity contribution >= 4 is 28.6 Å². The van der Waals surface area contributed by atoms with Gasteiger partial charge in [-0.15, -0.1) is 11.8 Å². The summed E-state index contributed by atoms with van der Waals surface area (Å²) in [7, 11) is 1.37. The summed E-state index contributed by atoms with van der Waals surface area (Å²) >= 11 is 1.80. The van der Waals surface area contributed by atoms with Gasteiger partial charge in [0.05, 0.1) is 18.2 Å². The van der Waals surface area contributed by atoms with Crippen LogP contribution in [0.4, 0.5) is 0 Å². The predicted octanol–water partition coefficient (Wildman–Crippen LogP) is 3.91. The Hall–Kier alpha value is -1.55. The summed E-state index contributed by atoms with van der Waals surface area (Å²) in [5.41, 5.74) is 1.37. The van der Waals surface area contributed by atoms with Gasteiger partial charge in [-0.25, -0.2) is 4.79 Å². The minimum absolute atomic E-state index is 0.166. The van der Waals surface area contributed by atoms with E-state index < -0.39 is 0 Å². The fraction of sp³-hybridized carbons (Fsp3) is 0.333. The highest BCUT2D eigenvalue weighted by atomic mass is 32.2. The second-order valence-corrected chi connectivity index (χ2v) is 7.18. The molecule has 0 saturated heterocycles. The topological polar surface area (TPSA) is 39.2 Å². The second kappa shape index (κ2) is 5.21. The molecule has 0 atom stereocenters. The molecule has 0 spiro atoms. The minimum Gasteiger partial charge on any atom is -0.465 e. The molecule has 4 heteroatoms. The minimum atomic E-state index is -0.359. The van der Waals surface area contributed by atoms with Gasteiger partial charge in [-0.2, -0.15) is 0 Å². The third kappa shape index (κ3) is 3.47. The number of rotatable bonds is 2. The maximum atomic E-state index is 11.4. The van der Waals surface area contributed by atoms with E-state index in [0.29, 0.717) is 5.56 Å². The van der Waals surface area contributed by atoms with Crippen molar-refractivity contribution in [2.45, 2.75) is 30.4 Å². The molecule has 0 fully saturated rings. The van der Waals surface area contributed by atoms with E-state index in [0.717, 1.165) is 10.9 Å². The molecule has 0 unspecified atom stereocenters. The van der Waals surface area contributed by atoms with E-state index >= 15 is 0 Å². The van der Waals surface area contributed by atoms with Crippen molar-refractivity contribution in [3.05, 3.63) is 36.0 Å². The molecule has 0 bridgehead atoms.